The van der Waals surface area contributed by atoms with Crippen LogP contribution in [0.25, 0.3) is 0 Å². The summed E-state index contributed by atoms with van der Waals surface area (Å²) in [6, 6.07) is 0. The third-order valence-electron chi connectivity index (χ3n) is 1.00. The highest BCUT2D eigenvalue weighted by atomic mass is 16.2. The lowest BCUT2D eigenvalue weighted by molar-refractivity contribution is 0.673. The van der Waals surface area contributed by atoms with Crippen molar-refractivity contribution >= 4 is 5.82 Å². The van der Waals surface area contributed by atoms with E-state index >= 15 is 0 Å². The first-order valence-electron chi connectivity index (χ1n) is 2.54. The van der Waals surface area contributed by atoms with E-state index in [1.807, 2.05) is 4.98 Å². The number of anilines is 1. The summed E-state index contributed by atoms with van der Waals surface area (Å²) in [5, 5.41) is 3.41. The molecule has 0 aliphatic carbocycles. The molecule has 0 atom stereocenters. The van der Waals surface area contributed by atoms with Crippen LogP contribution in [-0.2, 0) is 7.05 Å². The largest absolute Gasteiger partial charge is 0.378 e. The minimum absolute atomic E-state index is 0.206. The van der Waals surface area contributed by atoms with Gasteiger partial charge in [-0.1, -0.05) is 0 Å². The molecule has 0 unspecified atom stereocenters. The van der Waals surface area contributed by atoms with Gasteiger partial charge in [-0.15, -0.1) is 5.10 Å². The van der Waals surface area contributed by atoms with Crippen molar-refractivity contribution in [2.75, 3.05) is 5.73 Å². The summed E-state index contributed by atoms with van der Waals surface area (Å²) in [7, 11) is 1.40. The van der Waals surface area contributed by atoms with E-state index in [4.69, 9.17) is 5.73 Å². The zero-order valence-electron chi connectivity index (χ0n) is 5.29. The van der Waals surface area contributed by atoms with Gasteiger partial charge in [-0.05, 0) is 0 Å². The Kier molecular flexibility index (Phi) is 1.29. The molecule has 0 bridgehead atoms. The number of hydrogen-bond donors (Lipinski definition) is 2. The Morgan fingerprint density at radius 2 is 2.20 bits per heavy atom. The molecule has 1 rings (SSSR count). The highest BCUT2D eigenvalue weighted by Gasteiger charge is 1.96. The first kappa shape index (κ1) is 6.53. The summed E-state index contributed by atoms with van der Waals surface area (Å²) < 4.78 is 0.955. The van der Waals surface area contributed by atoms with Crippen LogP contribution in [0.15, 0.2) is 9.59 Å². The molecule has 0 saturated carbocycles. The van der Waals surface area contributed by atoms with E-state index in [9.17, 15) is 9.59 Å². The third-order valence-corrected chi connectivity index (χ3v) is 1.00. The van der Waals surface area contributed by atoms with Crippen LogP contribution in [0.4, 0.5) is 5.82 Å². The lowest BCUT2D eigenvalue weighted by Gasteiger charge is -1.93. The summed E-state index contributed by atoms with van der Waals surface area (Å²) >= 11 is 0. The van der Waals surface area contributed by atoms with Crippen molar-refractivity contribution in [2.45, 2.75) is 0 Å². The van der Waals surface area contributed by atoms with Crippen LogP contribution in [0, 0.1) is 0 Å². The van der Waals surface area contributed by atoms with Crippen LogP contribution in [0.3, 0.4) is 0 Å². The summed E-state index contributed by atoms with van der Waals surface area (Å²) in [6.45, 7) is 0. The van der Waals surface area contributed by atoms with E-state index in [-0.39, 0.29) is 5.82 Å². The van der Waals surface area contributed by atoms with Gasteiger partial charge in [0.15, 0.2) is 0 Å². The molecular weight excluding hydrogens is 136 g/mol. The smallest absolute Gasteiger partial charge is 0.344 e. The van der Waals surface area contributed by atoms with Gasteiger partial charge in [0.2, 0.25) is 5.82 Å². The summed E-state index contributed by atoms with van der Waals surface area (Å²) in [5.41, 5.74) is 3.85. The molecule has 54 valence electrons. The zero-order chi connectivity index (χ0) is 7.72. The number of nitrogens with zero attached hydrogens (tertiary/aromatic N) is 2. The number of rotatable bonds is 0. The van der Waals surface area contributed by atoms with Gasteiger partial charge in [0, 0.05) is 7.05 Å². The molecule has 0 aromatic carbocycles. The lowest BCUT2D eigenvalue weighted by atomic mass is 10.7. The Morgan fingerprint density at radius 1 is 1.60 bits per heavy atom. The summed E-state index contributed by atoms with van der Waals surface area (Å²) in [5.74, 6) is -0.206. The normalized spacial score (nSPS) is 9.70. The minimum atomic E-state index is -0.650. The fourth-order valence-corrected chi connectivity index (χ4v) is 0.494. The number of hydrogen-bond acceptors (Lipinski definition) is 4. The molecule has 6 heteroatoms. The van der Waals surface area contributed by atoms with Gasteiger partial charge >= 0.3 is 5.69 Å². The molecule has 0 spiro atoms. The van der Waals surface area contributed by atoms with Gasteiger partial charge in [0.05, 0.1) is 0 Å². The average Bonchev–Trinajstić information content (AvgIpc) is 1.84. The van der Waals surface area contributed by atoms with Gasteiger partial charge in [-0.2, -0.15) is 0 Å². The maximum Gasteiger partial charge on any atom is 0.344 e. The second-order valence-corrected chi connectivity index (χ2v) is 1.77. The quantitative estimate of drug-likeness (QED) is 0.440. The number of aromatic amines is 1. The molecule has 0 saturated heterocycles. The molecule has 10 heavy (non-hydrogen) atoms. The fraction of sp³-hybridized carbons (Fsp3) is 0.250. The average molecular weight is 142 g/mol. The number of nitrogens with two attached hydrogens (primary N) is 1. The number of nitrogen functional groups attached to an aromatic ring is 1. The molecule has 0 aliphatic heterocycles. The molecule has 1 heterocycles. The second kappa shape index (κ2) is 1.98. The maximum atomic E-state index is 10.6. The highest BCUT2D eigenvalue weighted by molar-refractivity contribution is 5.19. The Bertz CT molecular complexity index is 318. The van der Waals surface area contributed by atoms with Crippen LogP contribution < -0.4 is 17.0 Å². The van der Waals surface area contributed by atoms with E-state index in [1.54, 1.807) is 0 Å². The van der Waals surface area contributed by atoms with E-state index in [2.05, 4.69) is 5.10 Å². The van der Waals surface area contributed by atoms with Crippen molar-refractivity contribution in [1.29, 1.82) is 0 Å². The predicted octanol–water partition coefficient (Wildman–Crippen LogP) is -1.95. The van der Waals surface area contributed by atoms with Crippen LogP contribution >= 0.6 is 0 Å². The Balaban J connectivity index is 3.59. The third kappa shape index (κ3) is 0.903. The minimum Gasteiger partial charge on any atom is -0.378 e. The monoisotopic (exact) mass is 142 g/mol. The van der Waals surface area contributed by atoms with Crippen molar-refractivity contribution in [3.8, 4) is 0 Å². The van der Waals surface area contributed by atoms with Crippen molar-refractivity contribution in [3.05, 3.63) is 20.8 Å². The Morgan fingerprint density at radius 3 is 2.70 bits per heavy atom. The van der Waals surface area contributed by atoms with Crippen LogP contribution in [-0.4, -0.2) is 14.8 Å². The van der Waals surface area contributed by atoms with Crippen LogP contribution in [0.5, 0.6) is 0 Å². The van der Waals surface area contributed by atoms with E-state index < -0.39 is 11.2 Å². The zero-order valence-corrected chi connectivity index (χ0v) is 5.29. The Labute approximate surface area is 55.3 Å². The Hall–Kier alpha value is -1.59. The van der Waals surface area contributed by atoms with E-state index in [1.165, 1.54) is 7.05 Å². The van der Waals surface area contributed by atoms with Crippen molar-refractivity contribution in [2.24, 2.45) is 7.05 Å². The molecular formula is C4H6N4O2. The standard InChI is InChI=1S/C4H6N4O2/c1-8-4(10)6-3(9)2(5)7-8/h1H3,(H2,5,7)(H,6,9,10). The fourth-order valence-electron chi connectivity index (χ4n) is 0.494. The number of aromatic nitrogens is 3. The predicted molar refractivity (Wildman–Crippen MR) is 34.5 cm³/mol. The first-order chi connectivity index (χ1) is 4.61. The van der Waals surface area contributed by atoms with E-state index in [0.717, 1.165) is 4.68 Å². The highest BCUT2D eigenvalue weighted by Crippen LogP contribution is 1.72. The molecule has 0 radical (unpaired) electrons. The molecule has 3 N–H and O–H groups in total. The number of H-pyrrole nitrogens is 1. The summed E-state index contributed by atoms with van der Waals surface area (Å²) in [6.07, 6.45) is 0. The number of nitrogens with one attached hydrogen (secondary N) is 1. The number of aryl methyl sites for hydroxylation is 1. The van der Waals surface area contributed by atoms with Crippen molar-refractivity contribution in [3.63, 3.8) is 0 Å². The molecule has 0 amide bonds. The van der Waals surface area contributed by atoms with Gasteiger partial charge in [-0.3, -0.25) is 9.78 Å². The SMILES string of the molecule is Cn1nc(N)c(=O)[nH]c1=O. The van der Waals surface area contributed by atoms with Crippen molar-refractivity contribution < 1.29 is 0 Å². The topological polar surface area (TPSA) is 93.8 Å². The van der Waals surface area contributed by atoms with Gasteiger partial charge < -0.3 is 5.73 Å². The molecule has 0 aliphatic rings. The molecule has 6 nitrogen and oxygen atoms in total. The van der Waals surface area contributed by atoms with Crippen molar-refractivity contribution in [1.82, 2.24) is 14.8 Å². The second-order valence-electron chi connectivity index (χ2n) is 1.77. The van der Waals surface area contributed by atoms with Gasteiger partial charge in [0.1, 0.15) is 0 Å². The maximum absolute atomic E-state index is 10.6. The van der Waals surface area contributed by atoms with Gasteiger partial charge in [0.25, 0.3) is 5.56 Å². The van der Waals surface area contributed by atoms with Crippen LogP contribution in [0.1, 0.15) is 0 Å². The summed E-state index contributed by atoms with van der Waals surface area (Å²) in [4.78, 5) is 23.1. The molecule has 1 aromatic rings. The van der Waals surface area contributed by atoms with Gasteiger partial charge in [-0.25, -0.2) is 9.48 Å². The molecule has 1 aromatic heterocycles. The lowest BCUT2D eigenvalue weighted by Crippen LogP contribution is -2.32. The first-order valence-corrected chi connectivity index (χ1v) is 2.54. The molecule has 0 fully saturated rings. The van der Waals surface area contributed by atoms with E-state index in [0.29, 0.717) is 0 Å². The van der Waals surface area contributed by atoms with Crippen LogP contribution in [0.2, 0.25) is 0 Å².